The molecule has 2 aromatic rings. The molecule has 19 heavy (non-hydrogen) atoms. The normalized spacial score (nSPS) is 10.3. The highest BCUT2D eigenvalue weighted by Gasteiger charge is 2.09. The van der Waals surface area contributed by atoms with E-state index in [1.165, 1.54) is 6.07 Å². The zero-order chi connectivity index (χ0) is 14.0. The summed E-state index contributed by atoms with van der Waals surface area (Å²) in [4.78, 5) is 16.0. The summed E-state index contributed by atoms with van der Waals surface area (Å²) in [5.41, 5.74) is 2.28. The lowest BCUT2D eigenvalue weighted by atomic mass is 10.1. The summed E-state index contributed by atoms with van der Waals surface area (Å²) >= 11 is 3.28. The third-order valence-corrected chi connectivity index (χ3v) is 3.54. The Morgan fingerprint density at radius 3 is 2.63 bits per heavy atom. The van der Waals surface area contributed by atoms with Crippen LogP contribution >= 0.6 is 15.9 Å². The lowest BCUT2D eigenvalue weighted by molar-refractivity contribution is 0.102. The van der Waals surface area contributed by atoms with Gasteiger partial charge in [0.2, 0.25) is 0 Å². The summed E-state index contributed by atoms with van der Waals surface area (Å²) in [5, 5.41) is 2.68. The van der Waals surface area contributed by atoms with Crippen LogP contribution in [0.2, 0.25) is 0 Å². The molecule has 0 saturated carbocycles. The zero-order valence-electron chi connectivity index (χ0n) is 10.5. The van der Waals surface area contributed by atoms with Crippen molar-refractivity contribution in [1.82, 2.24) is 4.98 Å². The number of halogens is 2. The van der Waals surface area contributed by atoms with Crippen molar-refractivity contribution in [3.8, 4) is 0 Å². The van der Waals surface area contributed by atoms with Crippen LogP contribution in [-0.4, -0.2) is 10.9 Å². The van der Waals surface area contributed by atoms with E-state index >= 15 is 0 Å². The number of aromatic nitrogens is 1. The van der Waals surface area contributed by atoms with Gasteiger partial charge in [-0.1, -0.05) is 6.07 Å². The molecule has 2 rings (SSSR count). The number of hydrogen-bond donors (Lipinski definition) is 1. The largest absolute Gasteiger partial charge is 0.321 e. The minimum atomic E-state index is -0.391. The first-order valence-corrected chi connectivity index (χ1v) is 6.46. The fourth-order valence-electron chi connectivity index (χ4n) is 1.56. The number of hydrogen-bond acceptors (Lipinski definition) is 2. The summed E-state index contributed by atoms with van der Waals surface area (Å²) in [6, 6.07) is 6.19. The van der Waals surface area contributed by atoms with Crippen LogP contribution < -0.4 is 5.32 Å². The maximum absolute atomic E-state index is 13.4. The van der Waals surface area contributed by atoms with E-state index in [2.05, 4.69) is 26.2 Å². The summed E-state index contributed by atoms with van der Waals surface area (Å²) in [7, 11) is 0. The van der Waals surface area contributed by atoms with Crippen molar-refractivity contribution in [3.63, 3.8) is 0 Å². The number of aryl methyl sites for hydroxylation is 2. The molecule has 0 aliphatic heterocycles. The van der Waals surface area contributed by atoms with Gasteiger partial charge >= 0.3 is 0 Å². The van der Waals surface area contributed by atoms with Gasteiger partial charge in [-0.3, -0.25) is 4.79 Å². The smallest absolute Gasteiger partial charge is 0.255 e. The Bertz CT molecular complexity index is 643. The number of benzene rings is 1. The molecule has 0 saturated heterocycles. The Kier molecular flexibility index (Phi) is 3.95. The van der Waals surface area contributed by atoms with Gasteiger partial charge in [-0.25, -0.2) is 9.37 Å². The highest BCUT2D eigenvalue weighted by Crippen LogP contribution is 2.18. The molecule has 0 atom stereocenters. The SMILES string of the molecule is Cc1ccc(C(=O)Nc2cnc(Br)c(C)c2)cc1F. The predicted octanol–water partition coefficient (Wildman–Crippen LogP) is 3.85. The number of carbonyl (C=O) groups is 1. The average Bonchev–Trinajstić information content (AvgIpc) is 2.37. The van der Waals surface area contributed by atoms with E-state index in [0.717, 1.165) is 10.2 Å². The number of rotatable bonds is 2. The topological polar surface area (TPSA) is 42.0 Å². The van der Waals surface area contributed by atoms with Crippen molar-refractivity contribution < 1.29 is 9.18 Å². The highest BCUT2D eigenvalue weighted by molar-refractivity contribution is 9.10. The molecule has 1 N–H and O–H groups in total. The first kappa shape index (κ1) is 13.7. The second-order valence-corrected chi connectivity index (χ2v) is 5.00. The van der Waals surface area contributed by atoms with Crippen molar-refractivity contribution in [2.24, 2.45) is 0 Å². The minimum absolute atomic E-state index is 0.281. The molecular weight excluding hydrogens is 311 g/mol. The highest BCUT2D eigenvalue weighted by atomic mass is 79.9. The van der Waals surface area contributed by atoms with Crippen molar-refractivity contribution in [2.75, 3.05) is 5.32 Å². The molecule has 1 amide bonds. The molecular formula is C14H12BrFN2O. The predicted molar refractivity (Wildman–Crippen MR) is 75.8 cm³/mol. The minimum Gasteiger partial charge on any atom is -0.321 e. The van der Waals surface area contributed by atoms with E-state index in [1.807, 2.05) is 6.92 Å². The van der Waals surface area contributed by atoms with Crippen LogP contribution in [0, 0.1) is 19.7 Å². The maximum atomic E-state index is 13.4. The molecule has 0 fully saturated rings. The van der Waals surface area contributed by atoms with Crippen LogP contribution in [0.4, 0.5) is 10.1 Å². The molecule has 1 heterocycles. The molecule has 0 radical (unpaired) electrons. The monoisotopic (exact) mass is 322 g/mol. The molecule has 1 aromatic carbocycles. The van der Waals surface area contributed by atoms with E-state index in [4.69, 9.17) is 0 Å². The third-order valence-electron chi connectivity index (χ3n) is 2.71. The van der Waals surface area contributed by atoms with Gasteiger partial charge in [0, 0.05) is 5.56 Å². The number of nitrogens with zero attached hydrogens (tertiary/aromatic N) is 1. The maximum Gasteiger partial charge on any atom is 0.255 e. The zero-order valence-corrected chi connectivity index (χ0v) is 12.1. The van der Waals surface area contributed by atoms with Gasteiger partial charge in [0.05, 0.1) is 11.9 Å². The van der Waals surface area contributed by atoms with Crippen molar-refractivity contribution in [2.45, 2.75) is 13.8 Å². The van der Waals surface area contributed by atoms with Crippen LogP contribution in [-0.2, 0) is 0 Å². The Labute approximate surface area is 119 Å². The molecule has 0 spiro atoms. The fraction of sp³-hybridized carbons (Fsp3) is 0.143. The lowest BCUT2D eigenvalue weighted by Crippen LogP contribution is -2.12. The number of pyridine rings is 1. The summed E-state index contributed by atoms with van der Waals surface area (Å²) in [6.07, 6.45) is 1.54. The molecule has 3 nitrogen and oxygen atoms in total. The number of carbonyl (C=O) groups excluding carboxylic acids is 1. The number of nitrogens with one attached hydrogen (secondary N) is 1. The Balaban J connectivity index is 2.20. The molecule has 1 aromatic heterocycles. The Morgan fingerprint density at radius 1 is 1.26 bits per heavy atom. The van der Waals surface area contributed by atoms with Crippen molar-refractivity contribution in [1.29, 1.82) is 0 Å². The van der Waals surface area contributed by atoms with Crippen LogP contribution in [0.1, 0.15) is 21.5 Å². The van der Waals surface area contributed by atoms with Gasteiger partial charge in [-0.05, 0) is 59.1 Å². The molecule has 5 heteroatoms. The molecule has 0 aliphatic carbocycles. The van der Waals surface area contributed by atoms with E-state index in [1.54, 1.807) is 31.3 Å². The number of amides is 1. The first-order chi connectivity index (χ1) is 8.97. The number of anilines is 1. The van der Waals surface area contributed by atoms with Gasteiger partial charge in [0.1, 0.15) is 10.4 Å². The summed E-state index contributed by atoms with van der Waals surface area (Å²) in [5.74, 6) is -0.750. The molecule has 98 valence electrons. The first-order valence-electron chi connectivity index (χ1n) is 5.67. The van der Waals surface area contributed by atoms with E-state index in [-0.39, 0.29) is 11.5 Å². The Hall–Kier alpha value is -1.75. The van der Waals surface area contributed by atoms with Gasteiger partial charge in [-0.2, -0.15) is 0 Å². The van der Waals surface area contributed by atoms with Crippen LogP contribution in [0.3, 0.4) is 0 Å². The quantitative estimate of drug-likeness (QED) is 0.853. The Morgan fingerprint density at radius 2 is 2.00 bits per heavy atom. The second-order valence-electron chi connectivity index (χ2n) is 4.25. The molecule has 0 bridgehead atoms. The fourth-order valence-corrected chi connectivity index (χ4v) is 1.78. The lowest BCUT2D eigenvalue weighted by Gasteiger charge is -2.07. The summed E-state index contributed by atoms with van der Waals surface area (Å²) < 4.78 is 14.1. The van der Waals surface area contributed by atoms with Gasteiger partial charge in [0.15, 0.2) is 0 Å². The van der Waals surface area contributed by atoms with Gasteiger partial charge in [-0.15, -0.1) is 0 Å². The van der Waals surface area contributed by atoms with Crippen molar-refractivity contribution in [3.05, 3.63) is 57.6 Å². The van der Waals surface area contributed by atoms with Crippen LogP contribution in [0.5, 0.6) is 0 Å². The molecule has 0 unspecified atom stereocenters. The van der Waals surface area contributed by atoms with Crippen LogP contribution in [0.15, 0.2) is 35.1 Å². The van der Waals surface area contributed by atoms with Crippen molar-refractivity contribution >= 4 is 27.5 Å². The summed E-state index contributed by atoms with van der Waals surface area (Å²) in [6.45, 7) is 3.53. The van der Waals surface area contributed by atoms with E-state index in [0.29, 0.717) is 11.3 Å². The van der Waals surface area contributed by atoms with Gasteiger partial charge in [0.25, 0.3) is 5.91 Å². The standard InChI is InChI=1S/C14H12BrFN2O/c1-8-3-4-10(6-12(8)16)14(19)18-11-5-9(2)13(15)17-7-11/h3-7H,1-2H3,(H,18,19). The van der Waals surface area contributed by atoms with E-state index in [9.17, 15) is 9.18 Å². The average molecular weight is 323 g/mol. The molecule has 0 aliphatic rings. The second kappa shape index (κ2) is 5.48. The van der Waals surface area contributed by atoms with E-state index < -0.39 is 5.82 Å². The van der Waals surface area contributed by atoms with Gasteiger partial charge < -0.3 is 5.32 Å². The van der Waals surface area contributed by atoms with Crippen LogP contribution in [0.25, 0.3) is 0 Å². The third kappa shape index (κ3) is 3.17.